The molecule has 0 unspecified atom stereocenters. The lowest BCUT2D eigenvalue weighted by atomic mass is 10.2. The maximum atomic E-state index is 11.6. The first-order chi connectivity index (χ1) is 12.5. The summed E-state index contributed by atoms with van der Waals surface area (Å²) in [6.07, 6.45) is 1.25. The monoisotopic (exact) mass is 370 g/mol. The zero-order valence-corrected chi connectivity index (χ0v) is 14.5. The van der Waals surface area contributed by atoms with Crippen LogP contribution in [0.3, 0.4) is 0 Å². The first-order valence-corrected chi connectivity index (χ1v) is 8.02. The summed E-state index contributed by atoms with van der Waals surface area (Å²) in [6.45, 7) is 1.84. The number of hydrogen-bond acceptors (Lipinski definition) is 7. The number of aryl methyl sites for hydroxylation is 1. The summed E-state index contributed by atoms with van der Waals surface area (Å²) in [5.41, 5.74) is 7.60. The molecule has 3 rings (SSSR count). The number of nitrogens with one attached hydrogen (secondary N) is 3. The Morgan fingerprint density at radius 3 is 2.46 bits per heavy atom. The van der Waals surface area contributed by atoms with Gasteiger partial charge in [-0.3, -0.25) is 21.0 Å². The van der Waals surface area contributed by atoms with E-state index >= 15 is 0 Å². The van der Waals surface area contributed by atoms with Gasteiger partial charge < -0.3 is 5.32 Å². The fraction of sp³-hybridized carbons (Fsp3) is 0.0588. The molecule has 26 heavy (non-hydrogen) atoms. The molecule has 0 aliphatic rings. The number of rotatable bonds is 6. The Bertz CT molecular complexity index is 936. The summed E-state index contributed by atoms with van der Waals surface area (Å²) in [5.74, 6) is 0.121. The molecule has 9 heteroatoms. The molecular weight excluding hydrogens is 356 g/mol. The molecule has 0 saturated heterocycles. The van der Waals surface area contributed by atoms with Crippen LogP contribution in [-0.4, -0.2) is 14.9 Å². The number of hydrazine groups is 1. The van der Waals surface area contributed by atoms with Crippen molar-refractivity contribution in [3.05, 3.63) is 75.6 Å². The predicted octanol–water partition coefficient (Wildman–Crippen LogP) is 4.53. The van der Waals surface area contributed by atoms with Crippen LogP contribution in [0.25, 0.3) is 0 Å². The van der Waals surface area contributed by atoms with Crippen LogP contribution in [-0.2, 0) is 0 Å². The molecule has 0 aliphatic carbocycles. The van der Waals surface area contributed by atoms with E-state index in [0.29, 0.717) is 10.7 Å². The fourth-order valence-corrected chi connectivity index (χ4v) is 2.51. The van der Waals surface area contributed by atoms with Crippen molar-refractivity contribution in [2.24, 2.45) is 0 Å². The van der Waals surface area contributed by atoms with Gasteiger partial charge in [0.15, 0.2) is 0 Å². The Morgan fingerprint density at radius 2 is 1.77 bits per heavy atom. The molecule has 0 saturated carbocycles. The van der Waals surface area contributed by atoms with Crippen molar-refractivity contribution in [1.82, 2.24) is 9.97 Å². The lowest BCUT2D eigenvalue weighted by molar-refractivity contribution is -0.383. The quantitative estimate of drug-likeness (QED) is 0.432. The third-order valence-electron chi connectivity index (χ3n) is 3.55. The number of hydrogen-bond donors (Lipinski definition) is 3. The average molecular weight is 371 g/mol. The molecule has 2 aromatic carbocycles. The van der Waals surface area contributed by atoms with E-state index in [2.05, 4.69) is 26.1 Å². The molecule has 0 bridgehead atoms. The van der Waals surface area contributed by atoms with Crippen LogP contribution in [0.2, 0.25) is 5.02 Å². The Morgan fingerprint density at radius 1 is 1.04 bits per heavy atom. The first kappa shape index (κ1) is 17.4. The van der Waals surface area contributed by atoms with E-state index in [-0.39, 0.29) is 17.3 Å². The molecule has 1 aromatic heterocycles. The highest BCUT2D eigenvalue weighted by Crippen LogP contribution is 2.32. The molecule has 0 radical (unpaired) electrons. The molecule has 132 valence electrons. The molecule has 0 aliphatic heterocycles. The van der Waals surface area contributed by atoms with Crippen LogP contribution in [0.5, 0.6) is 0 Å². The van der Waals surface area contributed by atoms with Gasteiger partial charge in [0.1, 0.15) is 6.33 Å². The van der Waals surface area contributed by atoms with Crippen molar-refractivity contribution in [1.29, 1.82) is 0 Å². The summed E-state index contributed by atoms with van der Waals surface area (Å²) >= 11 is 5.95. The van der Waals surface area contributed by atoms with Crippen molar-refractivity contribution >= 4 is 40.3 Å². The molecule has 3 aromatic rings. The van der Waals surface area contributed by atoms with Crippen LogP contribution >= 0.6 is 11.6 Å². The van der Waals surface area contributed by atoms with E-state index in [1.54, 1.807) is 18.2 Å². The van der Waals surface area contributed by atoms with Gasteiger partial charge in [-0.25, -0.2) is 9.97 Å². The van der Waals surface area contributed by atoms with Gasteiger partial charge >= 0.3 is 5.69 Å². The minimum absolute atomic E-state index is 0.0444. The van der Waals surface area contributed by atoms with Gasteiger partial charge in [-0.15, -0.1) is 0 Å². The van der Waals surface area contributed by atoms with Gasteiger partial charge in [0.2, 0.25) is 11.6 Å². The van der Waals surface area contributed by atoms with Crippen LogP contribution in [0.1, 0.15) is 5.56 Å². The highest BCUT2D eigenvalue weighted by molar-refractivity contribution is 6.30. The predicted molar refractivity (Wildman–Crippen MR) is 102 cm³/mol. The first-order valence-electron chi connectivity index (χ1n) is 7.64. The normalized spacial score (nSPS) is 10.2. The van der Waals surface area contributed by atoms with E-state index in [9.17, 15) is 10.1 Å². The largest absolute Gasteiger partial charge is 0.355 e. The number of nitro groups is 1. The molecular formula is C17H15ClN6O2. The van der Waals surface area contributed by atoms with E-state index in [1.165, 1.54) is 6.33 Å². The Hall–Kier alpha value is -3.39. The van der Waals surface area contributed by atoms with E-state index in [0.717, 1.165) is 11.3 Å². The van der Waals surface area contributed by atoms with E-state index in [4.69, 9.17) is 11.6 Å². The van der Waals surface area contributed by atoms with Gasteiger partial charge in [-0.05, 0) is 42.8 Å². The maximum Gasteiger partial charge on any atom is 0.355 e. The maximum absolute atomic E-state index is 11.6. The van der Waals surface area contributed by atoms with Gasteiger partial charge in [0.05, 0.1) is 10.6 Å². The lowest BCUT2D eigenvalue weighted by Gasteiger charge is -2.12. The van der Waals surface area contributed by atoms with Crippen molar-refractivity contribution in [2.75, 3.05) is 16.2 Å². The van der Waals surface area contributed by atoms with Crippen molar-refractivity contribution in [3.8, 4) is 0 Å². The smallest absolute Gasteiger partial charge is 0.334 e. The zero-order valence-electron chi connectivity index (χ0n) is 13.7. The number of nitrogens with zero attached hydrogens (tertiary/aromatic N) is 3. The number of para-hydroxylation sites is 1. The molecule has 0 fully saturated rings. The molecule has 0 atom stereocenters. The number of benzene rings is 2. The summed E-state index contributed by atoms with van der Waals surface area (Å²) in [4.78, 5) is 19.0. The van der Waals surface area contributed by atoms with Crippen LogP contribution in [0.4, 0.5) is 28.7 Å². The second-order valence-corrected chi connectivity index (χ2v) is 5.81. The third-order valence-corrected chi connectivity index (χ3v) is 3.78. The van der Waals surface area contributed by atoms with Crippen molar-refractivity contribution in [2.45, 2.75) is 6.92 Å². The standard InChI is InChI=1S/C17H15ClN6O2/c1-11-9-12(18)7-8-14(11)21-16-15(24(25)26)17(20-10-19-16)23-22-13-5-3-2-4-6-13/h2-10,22H,1H3,(H2,19,20,21,23). The van der Waals surface area contributed by atoms with Gasteiger partial charge in [0.25, 0.3) is 0 Å². The number of aromatic nitrogens is 2. The molecule has 0 spiro atoms. The molecule has 8 nitrogen and oxygen atoms in total. The molecule has 1 heterocycles. The van der Waals surface area contributed by atoms with Crippen LogP contribution < -0.4 is 16.2 Å². The number of halogens is 1. The van der Waals surface area contributed by atoms with E-state index in [1.807, 2.05) is 37.3 Å². The van der Waals surface area contributed by atoms with Crippen molar-refractivity contribution < 1.29 is 4.92 Å². The SMILES string of the molecule is Cc1cc(Cl)ccc1Nc1ncnc(NNc2ccccc2)c1[N+](=O)[O-]. The highest BCUT2D eigenvalue weighted by Gasteiger charge is 2.23. The summed E-state index contributed by atoms with van der Waals surface area (Å²) < 4.78 is 0. The van der Waals surface area contributed by atoms with Crippen molar-refractivity contribution in [3.63, 3.8) is 0 Å². The fourth-order valence-electron chi connectivity index (χ4n) is 2.28. The Balaban J connectivity index is 1.89. The third kappa shape index (κ3) is 3.98. The highest BCUT2D eigenvalue weighted by atomic mass is 35.5. The van der Waals surface area contributed by atoms with E-state index < -0.39 is 4.92 Å². The zero-order chi connectivity index (χ0) is 18.5. The number of anilines is 4. The van der Waals surface area contributed by atoms with Gasteiger partial charge in [-0.2, -0.15) is 0 Å². The second kappa shape index (κ2) is 7.66. The van der Waals surface area contributed by atoms with Crippen LogP contribution in [0, 0.1) is 17.0 Å². The van der Waals surface area contributed by atoms with Crippen LogP contribution in [0.15, 0.2) is 54.9 Å². The molecule has 0 amide bonds. The van der Waals surface area contributed by atoms with Gasteiger partial charge in [0, 0.05) is 10.7 Å². The Labute approximate surface area is 154 Å². The van der Waals surface area contributed by atoms with Gasteiger partial charge in [-0.1, -0.05) is 29.8 Å². The Kier molecular flexibility index (Phi) is 5.14. The lowest BCUT2D eigenvalue weighted by Crippen LogP contribution is -2.13. The summed E-state index contributed by atoms with van der Waals surface area (Å²) in [6, 6.07) is 14.4. The summed E-state index contributed by atoms with van der Waals surface area (Å²) in [7, 11) is 0. The molecule has 3 N–H and O–H groups in total. The minimum Gasteiger partial charge on any atom is -0.334 e. The topological polar surface area (TPSA) is 105 Å². The minimum atomic E-state index is -0.539. The summed E-state index contributed by atoms with van der Waals surface area (Å²) in [5, 5.41) is 15.1. The second-order valence-electron chi connectivity index (χ2n) is 5.38. The average Bonchev–Trinajstić information content (AvgIpc) is 2.63.